The molecule has 0 aromatic heterocycles. The standard InChI is InChI=1S/C16H18O2/c1-5-6-7-8-12(2)15-11-14(16(17)18-4)10-9-13(15)3/h5-11H,1H2,2-4H3. The third-order valence-corrected chi connectivity index (χ3v) is 2.68. The second kappa shape index (κ2) is 6.60. The first-order valence-corrected chi connectivity index (χ1v) is 5.75. The number of rotatable bonds is 4. The van der Waals surface area contributed by atoms with Gasteiger partial charge in [-0.2, -0.15) is 0 Å². The summed E-state index contributed by atoms with van der Waals surface area (Å²) in [6.07, 6.45) is 7.50. The molecule has 0 radical (unpaired) electrons. The minimum atomic E-state index is -0.314. The summed E-state index contributed by atoms with van der Waals surface area (Å²) in [5, 5.41) is 0. The van der Waals surface area contributed by atoms with Crippen LogP contribution in [0, 0.1) is 6.92 Å². The van der Waals surface area contributed by atoms with Crippen molar-refractivity contribution in [1.29, 1.82) is 0 Å². The van der Waals surface area contributed by atoms with Gasteiger partial charge < -0.3 is 4.74 Å². The molecule has 0 aliphatic carbocycles. The monoisotopic (exact) mass is 242 g/mol. The van der Waals surface area contributed by atoms with Crippen molar-refractivity contribution in [2.24, 2.45) is 0 Å². The van der Waals surface area contributed by atoms with Crippen molar-refractivity contribution in [3.05, 3.63) is 65.8 Å². The number of hydrogen-bond donors (Lipinski definition) is 0. The van der Waals surface area contributed by atoms with Gasteiger partial charge in [0.2, 0.25) is 0 Å². The average Bonchev–Trinajstić information content (AvgIpc) is 2.38. The summed E-state index contributed by atoms with van der Waals surface area (Å²) in [5.41, 5.74) is 3.84. The lowest BCUT2D eigenvalue weighted by Crippen LogP contribution is -2.02. The number of aryl methyl sites for hydroxylation is 1. The van der Waals surface area contributed by atoms with E-state index in [1.165, 1.54) is 7.11 Å². The minimum absolute atomic E-state index is 0.314. The Labute approximate surface area is 108 Å². The van der Waals surface area contributed by atoms with Gasteiger partial charge >= 0.3 is 5.97 Å². The van der Waals surface area contributed by atoms with Crippen molar-refractivity contribution < 1.29 is 9.53 Å². The topological polar surface area (TPSA) is 26.3 Å². The fourth-order valence-electron chi connectivity index (χ4n) is 1.66. The molecule has 0 saturated carbocycles. The van der Waals surface area contributed by atoms with Gasteiger partial charge in [-0.1, -0.05) is 36.9 Å². The third-order valence-electron chi connectivity index (χ3n) is 2.68. The normalized spacial score (nSPS) is 11.6. The third kappa shape index (κ3) is 3.45. The molecule has 0 heterocycles. The van der Waals surface area contributed by atoms with E-state index in [0.29, 0.717) is 5.56 Å². The highest BCUT2D eigenvalue weighted by molar-refractivity contribution is 5.90. The molecular weight excluding hydrogens is 224 g/mol. The number of carbonyl (C=O) groups excluding carboxylic acids is 1. The zero-order valence-electron chi connectivity index (χ0n) is 11.1. The Bertz CT molecular complexity index is 508. The van der Waals surface area contributed by atoms with Gasteiger partial charge in [-0.05, 0) is 42.7 Å². The number of allylic oxidation sites excluding steroid dienone is 5. The Morgan fingerprint density at radius 2 is 2.06 bits per heavy atom. The number of methoxy groups -OCH3 is 1. The van der Waals surface area contributed by atoms with Crippen LogP contribution in [-0.2, 0) is 4.74 Å². The van der Waals surface area contributed by atoms with Crippen LogP contribution >= 0.6 is 0 Å². The van der Waals surface area contributed by atoms with E-state index >= 15 is 0 Å². The second-order valence-electron chi connectivity index (χ2n) is 3.99. The molecule has 2 heteroatoms. The molecule has 18 heavy (non-hydrogen) atoms. The number of esters is 1. The van der Waals surface area contributed by atoms with Crippen LogP contribution in [0.1, 0.15) is 28.4 Å². The van der Waals surface area contributed by atoms with Crippen LogP contribution < -0.4 is 0 Å². The van der Waals surface area contributed by atoms with Crippen LogP contribution in [0.4, 0.5) is 0 Å². The van der Waals surface area contributed by atoms with E-state index in [1.807, 2.05) is 44.2 Å². The number of hydrogen-bond acceptors (Lipinski definition) is 2. The molecule has 1 rings (SSSR count). The summed E-state index contributed by atoms with van der Waals surface area (Å²) in [6.45, 7) is 7.65. The highest BCUT2D eigenvalue weighted by Gasteiger charge is 2.08. The first-order chi connectivity index (χ1) is 8.60. The number of ether oxygens (including phenoxy) is 1. The Morgan fingerprint density at radius 1 is 1.33 bits per heavy atom. The van der Waals surface area contributed by atoms with Crippen molar-refractivity contribution >= 4 is 11.5 Å². The summed E-state index contributed by atoms with van der Waals surface area (Å²) >= 11 is 0. The Balaban J connectivity index is 3.15. The lowest BCUT2D eigenvalue weighted by molar-refractivity contribution is 0.0600. The molecule has 0 unspecified atom stereocenters. The molecule has 1 aromatic rings. The van der Waals surface area contributed by atoms with Crippen molar-refractivity contribution in [2.75, 3.05) is 7.11 Å². The van der Waals surface area contributed by atoms with Crippen LogP contribution in [-0.4, -0.2) is 13.1 Å². The van der Waals surface area contributed by atoms with Gasteiger partial charge in [0.25, 0.3) is 0 Å². The van der Waals surface area contributed by atoms with Crippen molar-refractivity contribution in [1.82, 2.24) is 0 Å². The summed E-state index contributed by atoms with van der Waals surface area (Å²) in [7, 11) is 1.39. The first-order valence-electron chi connectivity index (χ1n) is 5.75. The first kappa shape index (κ1) is 14.0. The van der Waals surface area contributed by atoms with Gasteiger partial charge in [0.1, 0.15) is 0 Å². The Morgan fingerprint density at radius 3 is 2.67 bits per heavy atom. The van der Waals surface area contributed by atoms with Crippen molar-refractivity contribution in [3.63, 3.8) is 0 Å². The summed E-state index contributed by atoms with van der Waals surface area (Å²) < 4.78 is 4.72. The molecule has 0 fully saturated rings. The van der Waals surface area contributed by atoms with E-state index in [4.69, 9.17) is 4.74 Å². The summed E-state index contributed by atoms with van der Waals surface area (Å²) in [6, 6.07) is 5.56. The highest BCUT2D eigenvalue weighted by Crippen LogP contribution is 2.20. The molecule has 0 aliphatic rings. The molecule has 0 bridgehead atoms. The number of benzene rings is 1. The van der Waals surface area contributed by atoms with Gasteiger partial charge in [-0.25, -0.2) is 4.79 Å². The molecule has 1 aromatic carbocycles. The SMILES string of the molecule is C=CC=CC=C(C)c1cc(C(=O)OC)ccc1C. The zero-order chi connectivity index (χ0) is 13.5. The average molecular weight is 242 g/mol. The number of carbonyl (C=O) groups is 1. The van der Waals surface area contributed by atoms with E-state index < -0.39 is 0 Å². The molecule has 0 amide bonds. The maximum atomic E-state index is 11.5. The maximum Gasteiger partial charge on any atom is 0.337 e. The molecule has 0 atom stereocenters. The predicted molar refractivity (Wildman–Crippen MR) is 75.5 cm³/mol. The van der Waals surface area contributed by atoms with Gasteiger partial charge in [0.15, 0.2) is 0 Å². The fraction of sp³-hybridized carbons (Fsp3) is 0.188. The van der Waals surface area contributed by atoms with Crippen molar-refractivity contribution in [3.8, 4) is 0 Å². The van der Waals surface area contributed by atoms with Crippen LogP contribution in [0.5, 0.6) is 0 Å². The molecule has 0 spiro atoms. The molecule has 2 nitrogen and oxygen atoms in total. The van der Waals surface area contributed by atoms with Gasteiger partial charge in [0.05, 0.1) is 12.7 Å². The smallest absolute Gasteiger partial charge is 0.337 e. The van der Waals surface area contributed by atoms with E-state index in [-0.39, 0.29) is 5.97 Å². The summed E-state index contributed by atoms with van der Waals surface area (Å²) in [5.74, 6) is -0.314. The Hall–Kier alpha value is -2.09. The predicted octanol–water partition coefficient (Wildman–Crippen LogP) is 3.93. The largest absolute Gasteiger partial charge is 0.465 e. The van der Waals surface area contributed by atoms with Crippen LogP contribution in [0.3, 0.4) is 0 Å². The minimum Gasteiger partial charge on any atom is -0.465 e. The van der Waals surface area contributed by atoms with E-state index in [1.54, 1.807) is 12.1 Å². The van der Waals surface area contributed by atoms with Gasteiger partial charge in [-0.3, -0.25) is 0 Å². The van der Waals surface area contributed by atoms with Gasteiger partial charge in [-0.15, -0.1) is 0 Å². The lowest BCUT2D eigenvalue weighted by atomic mass is 9.98. The second-order valence-corrected chi connectivity index (χ2v) is 3.99. The molecular formula is C16H18O2. The van der Waals surface area contributed by atoms with Crippen LogP contribution in [0.15, 0.2) is 49.1 Å². The van der Waals surface area contributed by atoms with E-state index in [0.717, 1.165) is 16.7 Å². The highest BCUT2D eigenvalue weighted by atomic mass is 16.5. The zero-order valence-corrected chi connectivity index (χ0v) is 11.1. The maximum absolute atomic E-state index is 11.5. The molecule has 0 N–H and O–H groups in total. The molecule has 0 aliphatic heterocycles. The van der Waals surface area contributed by atoms with Crippen LogP contribution in [0.2, 0.25) is 0 Å². The van der Waals surface area contributed by atoms with Crippen LogP contribution in [0.25, 0.3) is 5.57 Å². The van der Waals surface area contributed by atoms with E-state index in [2.05, 4.69) is 6.58 Å². The fourth-order valence-corrected chi connectivity index (χ4v) is 1.66. The van der Waals surface area contributed by atoms with Gasteiger partial charge in [0, 0.05) is 0 Å². The molecule has 94 valence electrons. The summed E-state index contributed by atoms with van der Waals surface area (Å²) in [4.78, 5) is 11.5. The lowest BCUT2D eigenvalue weighted by Gasteiger charge is -2.08. The van der Waals surface area contributed by atoms with Crippen molar-refractivity contribution in [2.45, 2.75) is 13.8 Å². The quantitative estimate of drug-likeness (QED) is 0.590. The molecule has 0 saturated heterocycles. The Kier molecular flexibility index (Phi) is 5.12. The van der Waals surface area contributed by atoms with E-state index in [9.17, 15) is 4.79 Å².